The summed E-state index contributed by atoms with van der Waals surface area (Å²) in [6, 6.07) is 1.80. The Kier molecular flexibility index (Phi) is 4.32. The Balaban J connectivity index is 2.81. The molecular weight excluding hydrogens is 244 g/mol. The maximum absolute atomic E-state index is 5.61. The monoisotopic (exact) mass is 258 g/mol. The molecule has 14 heavy (non-hydrogen) atoms. The van der Waals surface area contributed by atoms with Crippen molar-refractivity contribution in [2.24, 2.45) is 0 Å². The molecule has 0 aliphatic heterocycles. The highest BCUT2D eigenvalue weighted by Gasteiger charge is 2.05. The van der Waals surface area contributed by atoms with Gasteiger partial charge in [0.1, 0.15) is 10.4 Å². The lowest BCUT2D eigenvalue weighted by Crippen LogP contribution is -2.11. The van der Waals surface area contributed by atoms with E-state index in [0.717, 1.165) is 23.3 Å². The van der Waals surface area contributed by atoms with Crippen molar-refractivity contribution >= 4 is 15.9 Å². The van der Waals surface area contributed by atoms with Gasteiger partial charge < -0.3 is 4.74 Å². The van der Waals surface area contributed by atoms with Crippen molar-refractivity contribution < 1.29 is 4.74 Å². The maximum Gasteiger partial charge on any atom is 0.217 e. The van der Waals surface area contributed by atoms with E-state index in [1.54, 1.807) is 6.07 Å². The smallest absolute Gasteiger partial charge is 0.217 e. The van der Waals surface area contributed by atoms with Gasteiger partial charge in [-0.05, 0) is 29.3 Å². The topological polar surface area (TPSA) is 35.0 Å². The van der Waals surface area contributed by atoms with Crippen molar-refractivity contribution in [3.8, 4) is 5.88 Å². The zero-order valence-electron chi connectivity index (χ0n) is 8.75. The summed E-state index contributed by atoms with van der Waals surface area (Å²) in [5.41, 5.74) is 0. The molecule has 1 aromatic heterocycles. The van der Waals surface area contributed by atoms with Gasteiger partial charge in [-0.2, -0.15) is 4.98 Å². The van der Waals surface area contributed by atoms with Crippen LogP contribution in [-0.4, -0.2) is 16.1 Å². The summed E-state index contributed by atoms with van der Waals surface area (Å²) in [6.07, 6.45) is 1.99. The second-order valence-corrected chi connectivity index (χ2v) is 3.95. The summed E-state index contributed by atoms with van der Waals surface area (Å²) in [5, 5.41) is 0. The third-order valence-electron chi connectivity index (χ3n) is 1.93. The van der Waals surface area contributed by atoms with Crippen molar-refractivity contribution in [3.63, 3.8) is 0 Å². The molecule has 1 unspecified atom stereocenters. The van der Waals surface area contributed by atoms with Gasteiger partial charge >= 0.3 is 0 Å². The van der Waals surface area contributed by atoms with Crippen molar-refractivity contribution in [3.05, 3.63) is 16.5 Å². The van der Waals surface area contributed by atoms with E-state index in [1.807, 2.05) is 13.8 Å². The highest BCUT2D eigenvalue weighted by atomic mass is 79.9. The van der Waals surface area contributed by atoms with Gasteiger partial charge in [0.15, 0.2) is 0 Å². The van der Waals surface area contributed by atoms with Crippen molar-refractivity contribution in [2.75, 3.05) is 0 Å². The molecule has 0 amide bonds. The van der Waals surface area contributed by atoms with Crippen LogP contribution in [0.3, 0.4) is 0 Å². The molecule has 0 fully saturated rings. The fraction of sp³-hybridized carbons (Fsp3) is 0.600. The summed E-state index contributed by atoms with van der Waals surface area (Å²) in [5.74, 6) is 1.45. The molecule has 1 aromatic rings. The maximum atomic E-state index is 5.61. The molecule has 1 heterocycles. The molecule has 0 radical (unpaired) electrons. The number of aryl methyl sites for hydroxylation is 1. The van der Waals surface area contributed by atoms with Gasteiger partial charge in [-0.25, -0.2) is 4.98 Å². The fourth-order valence-corrected chi connectivity index (χ4v) is 1.35. The minimum atomic E-state index is 0.196. The number of halogens is 1. The van der Waals surface area contributed by atoms with Gasteiger partial charge in [0.2, 0.25) is 5.88 Å². The first-order chi connectivity index (χ1) is 6.65. The van der Waals surface area contributed by atoms with Crippen LogP contribution in [0.5, 0.6) is 5.88 Å². The molecule has 0 aromatic carbocycles. The number of hydrogen-bond donors (Lipinski definition) is 0. The number of hydrogen-bond acceptors (Lipinski definition) is 3. The molecular formula is C10H15BrN2O. The number of aromatic nitrogens is 2. The fourth-order valence-electron chi connectivity index (χ4n) is 0.950. The molecule has 0 bridgehead atoms. The molecule has 0 saturated heterocycles. The lowest BCUT2D eigenvalue weighted by atomic mass is 10.3. The number of nitrogens with zero attached hydrogens (tertiary/aromatic N) is 2. The first kappa shape index (κ1) is 11.4. The van der Waals surface area contributed by atoms with Gasteiger partial charge in [-0.3, -0.25) is 0 Å². The van der Waals surface area contributed by atoms with E-state index < -0.39 is 0 Å². The van der Waals surface area contributed by atoms with Gasteiger partial charge in [0, 0.05) is 12.5 Å². The second kappa shape index (κ2) is 5.29. The van der Waals surface area contributed by atoms with Crippen LogP contribution in [0.4, 0.5) is 0 Å². The Morgan fingerprint density at radius 3 is 2.71 bits per heavy atom. The summed E-state index contributed by atoms with van der Waals surface area (Å²) < 4.78 is 6.39. The van der Waals surface area contributed by atoms with Crippen LogP contribution in [-0.2, 0) is 6.42 Å². The van der Waals surface area contributed by atoms with Gasteiger partial charge in [-0.15, -0.1) is 0 Å². The SMILES string of the molecule is CCc1nc(Br)cc(OC(C)CC)n1. The zero-order valence-corrected chi connectivity index (χ0v) is 10.3. The predicted molar refractivity (Wildman–Crippen MR) is 59.5 cm³/mol. The average molecular weight is 259 g/mol. The molecule has 0 saturated carbocycles. The van der Waals surface area contributed by atoms with Gasteiger partial charge in [-0.1, -0.05) is 13.8 Å². The van der Waals surface area contributed by atoms with E-state index in [2.05, 4.69) is 32.8 Å². The zero-order chi connectivity index (χ0) is 10.6. The quantitative estimate of drug-likeness (QED) is 0.780. The summed E-state index contributed by atoms with van der Waals surface area (Å²) in [4.78, 5) is 8.49. The summed E-state index contributed by atoms with van der Waals surface area (Å²) >= 11 is 3.33. The van der Waals surface area contributed by atoms with E-state index in [1.165, 1.54) is 0 Å². The lowest BCUT2D eigenvalue weighted by molar-refractivity contribution is 0.207. The predicted octanol–water partition coefficient (Wildman–Crippen LogP) is 2.98. The Hall–Kier alpha value is -0.640. The van der Waals surface area contributed by atoms with Crippen LogP contribution in [0.15, 0.2) is 10.7 Å². The molecule has 0 N–H and O–H groups in total. The van der Waals surface area contributed by atoms with Gasteiger partial charge in [0.05, 0.1) is 6.10 Å². The van der Waals surface area contributed by atoms with Crippen LogP contribution in [0.1, 0.15) is 33.0 Å². The Morgan fingerprint density at radius 1 is 1.43 bits per heavy atom. The van der Waals surface area contributed by atoms with Crippen LogP contribution in [0, 0.1) is 0 Å². The van der Waals surface area contributed by atoms with Crippen LogP contribution >= 0.6 is 15.9 Å². The first-order valence-electron chi connectivity index (χ1n) is 4.85. The number of rotatable bonds is 4. The van der Waals surface area contributed by atoms with Crippen molar-refractivity contribution in [2.45, 2.75) is 39.7 Å². The second-order valence-electron chi connectivity index (χ2n) is 3.14. The normalized spacial score (nSPS) is 12.6. The Bertz CT molecular complexity index is 304. The molecule has 1 rings (SSSR count). The first-order valence-corrected chi connectivity index (χ1v) is 5.65. The van der Waals surface area contributed by atoms with E-state index in [9.17, 15) is 0 Å². The largest absolute Gasteiger partial charge is 0.475 e. The highest BCUT2D eigenvalue weighted by molar-refractivity contribution is 9.10. The Morgan fingerprint density at radius 2 is 2.14 bits per heavy atom. The van der Waals surface area contributed by atoms with Crippen LogP contribution in [0.25, 0.3) is 0 Å². The molecule has 0 aliphatic rings. The third kappa shape index (κ3) is 3.25. The average Bonchev–Trinajstić information content (AvgIpc) is 2.16. The van der Waals surface area contributed by atoms with Crippen molar-refractivity contribution in [1.29, 1.82) is 0 Å². The molecule has 0 aliphatic carbocycles. The third-order valence-corrected chi connectivity index (χ3v) is 2.34. The van der Waals surface area contributed by atoms with Crippen LogP contribution < -0.4 is 4.74 Å². The minimum absolute atomic E-state index is 0.196. The summed E-state index contributed by atoms with van der Waals surface area (Å²) in [7, 11) is 0. The lowest BCUT2D eigenvalue weighted by Gasteiger charge is -2.11. The Labute approximate surface area is 93.0 Å². The molecule has 78 valence electrons. The van der Waals surface area contributed by atoms with Crippen LogP contribution in [0.2, 0.25) is 0 Å². The molecule has 1 atom stereocenters. The highest BCUT2D eigenvalue weighted by Crippen LogP contribution is 2.16. The van der Waals surface area contributed by atoms with E-state index >= 15 is 0 Å². The minimum Gasteiger partial charge on any atom is -0.475 e. The molecule has 0 spiro atoms. The molecule has 4 heteroatoms. The summed E-state index contributed by atoms with van der Waals surface area (Å²) in [6.45, 7) is 6.14. The van der Waals surface area contributed by atoms with E-state index in [-0.39, 0.29) is 6.10 Å². The number of ether oxygens (including phenoxy) is 1. The van der Waals surface area contributed by atoms with E-state index in [4.69, 9.17) is 4.74 Å². The van der Waals surface area contributed by atoms with E-state index in [0.29, 0.717) is 5.88 Å². The van der Waals surface area contributed by atoms with Gasteiger partial charge in [0.25, 0.3) is 0 Å². The standard InChI is InChI=1S/C10H15BrN2O/c1-4-7(3)14-10-6-8(11)12-9(5-2)13-10/h6-7H,4-5H2,1-3H3. The van der Waals surface area contributed by atoms with Crippen molar-refractivity contribution in [1.82, 2.24) is 9.97 Å². The molecule has 3 nitrogen and oxygen atoms in total.